The Hall–Kier alpha value is -3.04. The highest BCUT2D eigenvalue weighted by atomic mass is 32.2. The van der Waals surface area contributed by atoms with Crippen LogP contribution in [0.5, 0.6) is 0 Å². The van der Waals surface area contributed by atoms with Crippen LogP contribution in [0, 0.1) is 24.1 Å². The summed E-state index contributed by atoms with van der Waals surface area (Å²) in [5.74, 6) is -1.39. The van der Waals surface area contributed by atoms with Gasteiger partial charge in [-0.25, -0.2) is 9.18 Å². The maximum absolute atomic E-state index is 13.7. The number of nitriles is 1. The molecule has 0 radical (unpaired) electrons. The first kappa shape index (κ1) is 18.7. The molecular formula is C21H17FN2O2S. The van der Waals surface area contributed by atoms with E-state index in [0.29, 0.717) is 21.7 Å². The van der Waals surface area contributed by atoms with Crippen LogP contribution in [-0.4, -0.2) is 21.9 Å². The fourth-order valence-corrected chi connectivity index (χ4v) is 3.99. The minimum absolute atomic E-state index is 0.0743. The van der Waals surface area contributed by atoms with Gasteiger partial charge in [0, 0.05) is 12.6 Å². The minimum Gasteiger partial charge on any atom is -0.477 e. The second-order valence-electron chi connectivity index (χ2n) is 6.18. The zero-order chi connectivity index (χ0) is 19.7. The number of hydrogen-bond donors (Lipinski definition) is 1. The molecule has 3 aromatic rings. The van der Waals surface area contributed by atoms with E-state index in [0.717, 1.165) is 16.7 Å². The van der Waals surface area contributed by atoms with E-state index in [-0.39, 0.29) is 11.5 Å². The number of carbonyl (C=O) groups is 1. The summed E-state index contributed by atoms with van der Waals surface area (Å²) in [6.45, 7) is 1.83. The van der Waals surface area contributed by atoms with E-state index in [2.05, 4.69) is 6.07 Å². The molecule has 0 saturated heterocycles. The fraction of sp³-hybridized carbons (Fsp3) is 0.143. The van der Waals surface area contributed by atoms with Gasteiger partial charge in [-0.1, -0.05) is 30.3 Å². The highest BCUT2D eigenvalue weighted by molar-refractivity contribution is 7.98. The van der Waals surface area contributed by atoms with E-state index >= 15 is 0 Å². The molecule has 0 spiro atoms. The highest BCUT2D eigenvalue weighted by Crippen LogP contribution is 2.37. The Labute approximate surface area is 160 Å². The highest BCUT2D eigenvalue weighted by Gasteiger charge is 2.26. The zero-order valence-corrected chi connectivity index (χ0v) is 15.9. The molecule has 1 heterocycles. The maximum atomic E-state index is 13.7. The van der Waals surface area contributed by atoms with Crippen LogP contribution in [0.3, 0.4) is 0 Å². The van der Waals surface area contributed by atoms with Crippen LogP contribution in [0.4, 0.5) is 4.39 Å². The standard InChI is InChI=1S/C21H17FN2O2S/c1-12-8-15(10-16(22)9-12)13-4-6-14(7-5-13)18-17(11-23)20(27-3)24(2)19(18)21(25)26/h4-10H,1-3H3,(H,25,26). The van der Waals surface area contributed by atoms with Gasteiger partial charge in [-0.15, -0.1) is 11.8 Å². The molecule has 0 aliphatic rings. The third-order valence-corrected chi connectivity index (χ3v) is 5.26. The van der Waals surface area contributed by atoms with Crippen LogP contribution in [0.1, 0.15) is 21.6 Å². The van der Waals surface area contributed by atoms with Crippen molar-refractivity contribution in [2.24, 2.45) is 7.05 Å². The van der Waals surface area contributed by atoms with E-state index in [9.17, 15) is 19.6 Å². The summed E-state index contributed by atoms with van der Waals surface area (Å²) in [6, 6.07) is 14.1. The van der Waals surface area contributed by atoms with Crippen LogP contribution in [0.25, 0.3) is 22.3 Å². The summed E-state index contributed by atoms with van der Waals surface area (Å²) < 4.78 is 15.2. The molecule has 1 N–H and O–H groups in total. The lowest BCUT2D eigenvalue weighted by Crippen LogP contribution is -2.06. The summed E-state index contributed by atoms with van der Waals surface area (Å²) >= 11 is 1.33. The molecule has 1 aromatic heterocycles. The van der Waals surface area contributed by atoms with Crippen LogP contribution in [0.15, 0.2) is 47.5 Å². The van der Waals surface area contributed by atoms with Crippen LogP contribution < -0.4 is 0 Å². The Morgan fingerprint density at radius 3 is 2.30 bits per heavy atom. The topological polar surface area (TPSA) is 66.0 Å². The number of carboxylic acid groups (broad SMARTS) is 1. The lowest BCUT2D eigenvalue weighted by Gasteiger charge is -2.07. The predicted octanol–water partition coefficient (Wildman–Crippen LogP) is 5.10. The lowest BCUT2D eigenvalue weighted by molar-refractivity contribution is 0.0686. The van der Waals surface area contributed by atoms with Crippen molar-refractivity contribution in [1.82, 2.24) is 4.57 Å². The minimum atomic E-state index is -1.09. The molecule has 0 saturated carbocycles. The first-order valence-electron chi connectivity index (χ1n) is 8.15. The number of nitrogens with zero attached hydrogens (tertiary/aromatic N) is 2. The second-order valence-corrected chi connectivity index (χ2v) is 6.97. The Balaban J connectivity index is 2.16. The van der Waals surface area contributed by atoms with E-state index in [1.807, 2.05) is 25.1 Å². The van der Waals surface area contributed by atoms with Crippen molar-refractivity contribution in [2.75, 3.05) is 6.26 Å². The molecule has 6 heteroatoms. The lowest BCUT2D eigenvalue weighted by atomic mass is 9.97. The normalized spacial score (nSPS) is 10.6. The van der Waals surface area contributed by atoms with Crippen molar-refractivity contribution in [1.29, 1.82) is 5.26 Å². The molecule has 27 heavy (non-hydrogen) atoms. The van der Waals surface area contributed by atoms with Crippen molar-refractivity contribution < 1.29 is 14.3 Å². The smallest absolute Gasteiger partial charge is 0.353 e. The number of thioether (sulfide) groups is 1. The monoisotopic (exact) mass is 380 g/mol. The average Bonchev–Trinajstić information content (AvgIpc) is 2.92. The Kier molecular flexibility index (Phi) is 5.06. The Bertz CT molecular complexity index is 1060. The molecule has 0 atom stereocenters. The number of benzene rings is 2. The first-order chi connectivity index (χ1) is 12.9. The zero-order valence-electron chi connectivity index (χ0n) is 15.1. The number of rotatable bonds is 4. The number of hydrogen-bond acceptors (Lipinski definition) is 3. The molecular weight excluding hydrogens is 363 g/mol. The van der Waals surface area contributed by atoms with Crippen LogP contribution in [0.2, 0.25) is 0 Å². The Morgan fingerprint density at radius 2 is 1.78 bits per heavy atom. The summed E-state index contributed by atoms with van der Waals surface area (Å²) in [4.78, 5) is 11.8. The van der Waals surface area contributed by atoms with Gasteiger partial charge in [0.05, 0.1) is 10.6 Å². The summed E-state index contributed by atoms with van der Waals surface area (Å²) in [6.07, 6.45) is 1.81. The van der Waals surface area contributed by atoms with Gasteiger partial charge in [0.15, 0.2) is 0 Å². The second kappa shape index (κ2) is 7.29. The molecule has 136 valence electrons. The number of halogens is 1. The summed E-state index contributed by atoms with van der Waals surface area (Å²) in [5, 5.41) is 19.8. The van der Waals surface area contributed by atoms with E-state index in [1.54, 1.807) is 25.4 Å². The van der Waals surface area contributed by atoms with Gasteiger partial charge in [-0.3, -0.25) is 0 Å². The maximum Gasteiger partial charge on any atom is 0.353 e. The SMILES string of the molecule is CSc1c(C#N)c(-c2ccc(-c3cc(C)cc(F)c3)cc2)c(C(=O)O)n1C. The van der Waals surface area contributed by atoms with Crippen molar-refractivity contribution in [2.45, 2.75) is 11.9 Å². The average molecular weight is 380 g/mol. The van der Waals surface area contributed by atoms with Crippen molar-refractivity contribution in [3.63, 3.8) is 0 Å². The number of carboxylic acids is 1. The molecule has 0 unspecified atom stereocenters. The predicted molar refractivity (Wildman–Crippen MR) is 104 cm³/mol. The van der Waals surface area contributed by atoms with Gasteiger partial charge in [-0.05, 0) is 47.6 Å². The van der Waals surface area contributed by atoms with Gasteiger partial charge in [0.1, 0.15) is 17.6 Å². The van der Waals surface area contributed by atoms with Gasteiger partial charge >= 0.3 is 5.97 Å². The quantitative estimate of drug-likeness (QED) is 0.640. The van der Waals surface area contributed by atoms with Gasteiger partial charge in [0.25, 0.3) is 0 Å². The third kappa shape index (κ3) is 3.34. The van der Waals surface area contributed by atoms with Crippen molar-refractivity contribution in [3.05, 3.63) is 65.1 Å². The number of aromatic nitrogens is 1. The molecule has 3 rings (SSSR count). The van der Waals surface area contributed by atoms with Gasteiger partial charge < -0.3 is 9.67 Å². The van der Waals surface area contributed by atoms with Crippen molar-refractivity contribution >= 4 is 17.7 Å². The number of aromatic carboxylic acids is 1. The molecule has 0 aliphatic heterocycles. The fourth-order valence-electron chi connectivity index (χ4n) is 3.27. The van der Waals surface area contributed by atoms with E-state index < -0.39 is 5.97 Å². The molecule has 2 aromatic carbocycles. The van der Waals surface area contributed by atoms with E-state index in [1.165, 1.54) is 28.5 Å². The van der Waals surface area contributed by atoms with Crippen LogP contribution in [-0.2, 0) is 7.05 Å². The largest absolute Gasteiger partial charge is 0.477 e. The summed E-state index contributed by atoms with van der Waals surface area (Å²) in [7, 11) is 1.64. The van der Waals surface area contributed by atoms with Gasteiger partial charge in [-0.2, -0.15) is 5.26 Å². The Morgan fingerprint density at radius 1 is 1.15 bits per heavy atom. The number of aryl methyl sites for hydroxylation is 1. The molecule has 0 fully saturated rings. The molecule has 0 bridgehead atoms. The summed E-state index contributed by atoms with van der Waals surface area (Å²) in [5.41, 5.74) is 3.84. The molecule has 4 nitrogen and oxygen atoms in total. The third-order valence-electron chi connectivity index (χ3n) is 4.40. The van der Waals surface area contributed by atoms with E-state index in [4.69, 9.17) is 0 Å². The van der Waals surface area contributed by atoms with Crippen LogP contribution >= 0.6 is 11.8 Å². The molecule has 0 amide bonds. The van der Waals surface area contributed by atoms with Crippen molar-refractivity contribution in [3.8, 4) is 28.3 Å². The van der Waals surface area contributed by atoms with Gasteiger partial charge in [0.2, 0.25) is 0 Å². The molecule has 0 aliphatic carbocycles. The first-order valence-corrected chi connectivity index (χ1v) is 9.38.